The van der Waals surface area contributed by atoms with Gasteiger partial charge in [-0.15, -0.1) is 0 Å². The van der Waals surface area contributed by atoms with Crippen LogP contribution >= 0.6 is 0 Å². The number of carbonyl (C=O) groups is 2. The Bertz CT molecular complexity index is 271. The lowest BCUT2D eigenvalue weighted by Crippen LogP contribution is -2.71. The number of hydrogen-bond acceptors (Lipinski definition) is 3. The smallest absolute Gasteiger partial charge is 0.328 e. The molecule has 5 nitrogen and oxygen atoms in total. The molecular weight excluding hydrogens is 172 g/mol. The van der Waals surface area contributed by atoms with Crippen molar-refractivity contribution in [1.82, 2.24) is 9.80 Å². The third-order valence-electron chi connectivity index (χ3n) is 3.14. The Hall–Kier alpha value is -1.10. The van der Waals surface area contributed by atoms with Crippen molar-refractivity contribution in [2.75, 3.05) is 14.1 Å². The molecule has 5 heteroatoms. The molecule has 2 fully saturated rings. The molecule has 1 saturated carbocycles. The molecule has 1 N–H and O–H groups in total. The highest BCUT2D eigenvalue weighted by atomic mass is 16.3. The number of hydrogen-bond donors (Lipinski definition) is 1. The first-order valence-electron chi connectivity index (χ1n) is 4.26. The summed E-state index contributed by atoms with van der Waals surface area (Å²) in [6.45, 7) is 0. The number of imide groups is 1. The van der Waals surface area contributed by atoms with E-state index in [2.05, 4.69) is 0 Å². The van der Waals surface area contributed by atoms with Crippen LogP contribution in [0.2, 0.25) is 0 Å². The summed E-state index contributed by atoms with van der Waals surface area (Å²) in [7, 11) is 2.97. The number of rotatable bonds is 0. The van der Waals surface area contributed by atoms with Crippen LogP contribution < -0.4 is 0 Å². The zero-order valence-corrected chi connectivity index (χ0v) is 7.65. The number of fused-ring (bicyclic) bond motifs is 1. The molecule has 13 heavy (non-hydrogen) atoms. The van der Waals surface area contributed by atoms with Gasteiger partial charge >= 0.3 is 6.03 Å². The van der Waals surface area contributed by atoms with E-state index in [0.717, 1.165) is 4.90 Å². The van der Waals surface area contributed by atoms with Crippen molar-refractivity contribution in [3.05, 3.63) is 0 Å². The number of aliphatic hydroxyl groups is 1. The minimum absolute atomic E-state index is 0.267. The first kappa shape index (κ1) is 8.50. The maximum Gasteiger partial charge on any atom is 0.328 e. The Morgan fingerprint density at radius 2 is 2.08 bits per heavy atom. The maximum absolute atomic E-state index is 11.5. The van der Waals surface area contributed by atoms with E-state index in [1.54, 1.807) is 0 Å². The Morgan fingerprint density at radius 3 is 2.54 bits per heavy atom. The molecule has 0 aromatic rings. The van der Waals surface area contributed by atoms with E-state index in [4.69, 9.17) is 0 Å². The predicted molar refractivity (Wildman–Crippen MR) is 43.6 cm³/mol. The highest BCUT2D eigenvalue weighted by molar-refractivity contribution is 5.99. The van der Waals surface area contributed by atoms with Gasteiger partial charge in [0.1, 0.15) is 0 Å². The molecule has 0 radical (unpaired) electrons. The molecular formula is C8H12N2O3. The minimum Gasteiger partial charge on any atom is -0.370 e. The van der Waals surface area contributed by atoms with Gasteiger partial charge in [0.25, 0.3) is 0 Å². The summed E-state index contributed by atoms with van der Waals surface area (Å²) in [5.74, 6) is -0.683. The van der Waals surface area contributed by atoms with E-state index in [9.17, 15) is 14.7 Å². The molecule has 1 heterocycles. The van der Waals surface area contributed by atoms with Crippen molar-refractivity contribution in [2.24, 2.45) is 5.92 Å². The summed E-state index contributed by atoms with van der Waals surface area (Å²) in [5.41, 5.74) is -1.21. The van der Waals surface area contributed by atoms with Crippen molar-refractivity contribution >= 4 is 11.9 Å². The van der Waals surface area contributed by atoms with Gasteiger partial charge in [-0.3, -0.25) is 14.6 Å². The third-order valence-corrected chi connectivity index (χ3v) is 3.14. The summed E-state index contributed by atoms with van der Waals surface area (Å²) >= 11 is 0. The molecule has 2 rings (SSSR count). The van der Waals surface area contributed by atoms with Gasteiger partial charge in [-0.25, -0.2) is 4.79 Å². The highest BCUT2D eigenvalue weighted by Crippen LogP contribution is 2.44. The molecule has 0 aromatic carbocycles. The van der Waals surface area contributed by atoms with Crippen molar-refractivity contribution in [2.45, 2.75) is 18.6 Å². The van der Waals surface area contributed by atoms with E-state index in [-0.39, 0.29) is 5.91 Å². The fourth-order valence-corrected chi connectivity index (χ4v) is 1.99. The predicted octanol–water partition coefficient (Wildman–Crippen LogP) is -0.391. The average Bonchev–Trinajstić information content (AvgIpc) is 2.09. The van der Waals surface area contributed by atoms with Crippen LogP contribution in [0, 0.1) is 5.92 Å². The van der Waals surface area contributed by atoms with E-state index in [1.165, 1.54) is 19.0 Å². The van der Waals surface area contributed by atoms with E-state index in [1.807, 2.05) is 0 Å². The van der Waals surface area contributed by atoms with Gasteiger partial charge in [-0.1, -0.05) is 0 Å². The van der Waals surface area contributed by atoms with Crippen LogP contribution in [0.25, 0.3) is 0 Å². The lowest BCUT2D eigenvalue weighted by atomic mass is 9.72. The van der Waals surface area contributed by atoms with Crippen LogP contribution in [0.1, 0.15) is 12.8 Å². The zero-order valence-electron chi connectivity index (χ0n) is 7.65. The molecule has 0 aromatic heterocycles. The van der Waals surface area contributed by atoms with Crippen LogP contribution in [-0.2, 0) is 4.79 Å². The Labute approximate surface area is 75.9 Å². The number of urea groups is 1. The second-order valence-corrected chi connectivity index (χ2v) is 3.71. The molecule has 0 spiro atoms. The zero-order chi connectivity index (χ0) is 9.80. The van der Waals surface area contributed by atoms with Crippen LogP contribution in [-0.4, -0.2) is 46.7 Å². The van der Waals surface area contributed by atoms with Crippen LogP contribution in [0.5, 0.6) is 0 Å². The molecule has 0 bridgehead atoms. The van der Waals surface area contributed by atoms with Crippen LogP contribution in [0.3, 0.4) is 0 Å². The first-order chi connectivity index (χ1) is 5.98. The Morgan fingerprint density at radius 1 is 1.46 bits per heavy atom. The van der Waals surface area contributed by atoms with Crippen molar-refractivity contribution in [3.63, 3.8) is 0 Å². The van der Waals surface area contributed by atoms with Crippen LogP contribution in [0.15, 0.2) is 0 Å². The maximum atomic E-state index is 11.5. The SMILES string of the molecule is CN1C(=O)C2CCC2(O)N(C)C1=O. The van der Waals surface area contributed by atoms with E-state index >= 15 is 0 Å². The summed E-state index contributed by atoms with van der Waals surface area (Å²) in [4.78, 5) is 25.2. The minimum atomic E-state index is -1.21. The average molecular weight is 184 g/mol. The summed E-state index contributed by atoms with van der Waals surface area (Å²) in [6.07, 6.45) is 1.16. The van der Waals surface area contributed by atoms with Crippen molar-refractivity contribution in [1.29, 1.82) is 0 Å². The molecule has 1 aliphatic carbocycles. The fraction of sp³-hybridized carbons (Fsp3) is 0.750. The van der Waals surface area contributed by atoms with Gasteiger partial charge in [0, 0.05) is 14.1 Å². The van der Waals surface area contributed by atoms with Crippen molar-refractivity contribution < 1.29 is 14.7 Å². The molecule has 2 unspecified atom stereocenters. The first-order valence-corrected chi connectivity index (χ1v) is 4.26. The van der Waals surface area contributed by atoms with Crippen molar-refractivity contribution in [3.8, 4) is 0 Å². The molecule has 3 amide bonds. The lowest BCUT2D eigenvalue weighted by Gasteiger charge is -2.54. The normalized spacial score (nSPS) is 38.8. The van der Waals surface area contributed by atoms with E-state index in [0.29, 0.717) is 12.8 Å². The number of amides is 3. The molecule has 1 aliphatic heterocycles. The Balaban J connectivity index is 2.35. The Kier molecular flexibility index (Phi) is 1.46. The molecule has 1 saturated heterocycles. The third kappa shape index (κ3) is 0.798. The lowest BCUT2D eigenvalue weighted by molar-refractivity contribution is -0.205. The monoisotopic (exact) mass is 184 g/mol. The molecule has 72 valence electrons. The quantitative estimate of drug-likeness (QED) is 0.557. The van der Waals surface area contributed by atoms with Gasteiger partial charge in [0.15, 0.2) is 5.72 Å². The van der Waals surface area contributed by atoms with Gasteiger partial charge in [-0.2, -0.15) is 0 Å². The van der Waals surface area contributed by atoms with Gasteiger partial charge in [0.05, 0.1) is 5.92 Å². The van der Waals surface area contributed by atoms with Gasteiger partial charge in [-0.05, 0) is 12.8 Å². The topological polar surface area (TPSA) is 60.9 Å². The van der Waals surface area contributed by atoms with Gasteiger partial charge < -0.3 is 5.11 Å². The second kappa shape index (κ2) is 2.23. The fourth-order valence-electron chi connectivity index (χ4n) is 1.99. The van der Waals surface area contributed by atoms with Crippen LogP contribution in [0.4, 0.5) is 4.79 Å². The number of carbonyl (C=O) groups excluding carboxylic acids is 2. The summed E-state index contributed by atoms with van der Waals surface area (Å²) in [6, 6.07) is -0.427. The second-order valence-electron chi connectivity index (χ2n) is 3.71. The van der Waals surface area contributed by atoms with Gasteiger partial charge in [0.2, 0.25) is 5.91 Å². The van der Waals surface area contributed by atoms with E-state index < -0.39 is 17.7 Å². The summed E-state index contributed by atoms with van der Waals surface area (Å²) < 4.78 is 0. The summed E-state index contributed by atoms with van der Waals surface area (Å²) in [5, 5.41) is 9.91. The molecule has 2 aliphatic rings. The largest absolute Gasteiger partial charge is 0.370 e. The number of nitrogens with zero attached hydrogens (tertiary/aromatic N) is 2. The molecule has 2 atom stereocenters. The standard InChI is InChI=1S/C8H12N2O3/c1-9-6(11)5-3-4-8(5,13)10(2)7(9)12/h5,13H,3-4H2,1-2H3. The highest BCUT2D eigenvalue weighted by Gasteiger charge is 2.59.